The first-order valence-corrected chi connectivity index (χ1v) is 11.2. The van der Waals surface area contributed by atoms with Crippen molar-refractivity contribution >= 4 is 21.4 Å². The molecule has 10 heteroatoms. The van der Waals surface area contributed by atoms with Crippen molar-refractivity contribution in [2.24, 2.45) is 0 Å². The predicted molar refractivity (Wildman–Crippen MR) is 105 cm³/mol. The zero-order chi connectivity index (χ0) is 19.7. The molecule has 0 bridgehead atoms. The minimum atomic E-state index is -3.64. The van der Waals surface area contributed by atoms with Gasteiger partial charge in [-0.2, -0.15) is 5.10 Å². The lowest BCUT2D eigenvalue weighted by atomic mass is 10.3. The van der Waals surface area contributed by atoms with Crippen molar-refractivity contribution in [3.05, 3.63) is 46.7 Å². The van der Waals surface area contributed by atoms with E-state index in [9.17, 15) is 8.42 Å². The number of aromatic nitrogens is 3. The molecule has 0 fully saturated rings. The van der Waals surface area contributed by atoms with E-state index in [-0.39, 0.29) is 11.4 Å². The summed E-state index contributed by atoms with van der Waals surface area (Å²) in [6.45, 7) is 5.03. The summed E-state index contributed by atoms with van der Waals surface area (Å²) in [5, 5.41) is 7.11. The van der Waals surface area contributed by atoms with Crippen LogP contribution in [0.2, 0.25) is 0 Å². The van der Waals surface area contributed by atoms with Gasteiger partial charge in [0.25, 0.3) is 0 Å². The fraction of sp³-hybridized carbons (Fsp3) is 0.333. The minimum Gasteiger partial charge on any atom is -0.486 e. The van der Waals surface area contributed by atoms with Crippen LogP contribution < -0.4 is 14.2 Å². The largest absolute Gasteiger partial charge is 0.486 e. The first kappa shape index (κ1) is 18.9. The van der Waals surface area contributed by atoms with E-state index in [0.717, 1.165) is 22.2 Å². The maximum Gasteiger partial charge on any atom is 0.240 e. The van der Waals surface area contributed by atoms with Crippen LogP contribution in [0.15, 0.2) is 34.5 Å². The second-order valence-corrected chi connectivity index (χ2v) is 9.02. The summed E-state index contributed by atoms with van der Waals surface area (Å²) in [6, 6.07) is 6.60. The third-order valence-electron chi connectivity index (χ3n) is 4.23. The van der Waals surface area contributed by atoms with Crippen molar-refractivity contribution < 1.29 is 17.9 Å². The van der Waals surface area contributed by atoms with Crippen molar-refractivity contribution in [2.75, 3.05) is 19.8 Å². The number of thiazole rings is 1. The molecule has 28 heavy (non-hydrogen) atoms. The molecular weight excluding hydrogens is 400 g/mol. The van der Waals surface area contributed by atoms with Crippen LogP contribution in [0.1, 0.15) is 17.1 Å². The Labute approximate surface area is 167 Å². The van der Waals surface area contributed by atoms with Gasteiger partial charge in [-0.3, -0.25) is 0 Å². The molecule has 0 radical (unpaired) electrons. The van der Waals surface area contributed by atoms with Crippen molar-refractivity contribution in [2.45, 2.75) is 25.2 Å². The third kappa shape index (κ3) is 3.89. The van der Waals surface area contributed by atoms with Gasteiger partial charge in [0.15, 0.2) is 11.5 Å². The summed E-state index contributed by atoms with van der Waals surface area (Å²) >= 11 is 1.48. The van der Waals surface area contributed by atoms with E-state index in [2.05, 4.69) is 14.8 Å². The molecule has 0 spiro atoms. The Morgan fingerprint density at radius 3 is 2.71 bits per heavy atom. The smallest absolute Gasteiger partial charge is 0.240 e. The van der Waals surface area contributed by atoms with Crippen molar-refractivity contribution in [3.8, 4) is 16.6 Å². The molecule has 2 aromatic heterocycles. The van der Waals surface area contributed by atoms with Gasteiger partial charge >= 0.3 is 0 Å². The Kier molecular flexibility index (Phi) is 5.09. The average Bonchev–Trinajstić information content (AvgIpc) is 3.27. The Morgan fingerprint density at radius 1 is 1.18 bits per heavy atom. The monoisotopic (exact) mass is 420 g/mol. The van der Waals surface area contributed by atoms with Gasteiger partial charge in [0.2, 0.25) is 15.2 Å². The Balaban J connectivity index is 1.40. The van der Waals surface area contributed by atoms with E-state index >= 15 is 0 Å². The topological polar surface area (TPSA) is 95.3 Å². The Hall–Kier alpha value is -2.43. The molecular formula is C18H20N4O4S2. The first-order valence-electron chi connectivity index (χ1n) is 8.80. The van der Waals surface area contributed by atoms with Crippen molar-refractivity contribution in [1.82, 2.24) is 19.5 Å². The molecule has 0 atom stereocenters. The molecule has 0 unspecified atom stereocenters. The fourth-order valence-corrected chi connectivity index (χ4v) is 4.83. The Bertz CT molecular complexity index is 1100. The van der Waals surface area contributed by atoms with Gasteiger partial charge in [0.1, 0.15) is 13.2 Å². The number of sulfonamides is 1. The number of rotatable bonds is 6. The predicted octanol–water partition coefficient (Wildman–Crippen LogP) is 2.24. The quantitative estimate of drug-likeness (QED) is 0.657. The molecule has 0 saturated carbocycles. The lowest BCUT2D eigenvalue weighted by molar-refractivity contribution is 0.171. The van der Waals surface area contributed by atoms with Crippen LogP contribution in [-0.2, 0) is 16.4 Å². The molecule has 148 valence electrons. The lowest BCUT2D eigenvalue weighted by Crippen LogP contribution is -2.26. The van der Waals surface area contributed by atoms with Crippen LogP contribution in [0.4, 0.5) is 0 Å². The zero-order valence-electron chi connectivity index (χ0n) is 15.5. The van der Waals surface area contributed by atoms with E-state index in [1.807, 2.05) is 25.3 Å². The van der Waals surface area contributed by atoms with Crippen LogP contribution in [0.5, 0.6) is 11.5 Å². The molecule has 3 aromatic rings. The van der Waals surface area contributed by atoms with Crippen LogP contribution in [0.3, 0.4) is 0 Å². The highest BCUT2D eigenvalue weighted by Gasteiger charge is 2.19. The SMILES string of the molecule is Cc1cc(C)n(-c2nc(CCNS(=O)(=O)c3ccc4c(c3)OCCO4)cs2)n1. The number of nitrogens with one attached hydrogen (secondary N) is 1. The van der Waals surface area contributed by atoms with Gasteiger partial charge < -0.3 is 9.47 Å². The van der Waals surface area contributed by atoms with E-state index in [4.69, 9.17) is 9.47 Å². The summed E-state index contributed by atoms with van der Waals surface area (Å²) in [6.07, 6.45) is 0.486. The van der Waals surface area contributed by atoms with Gasteiger partial charge in [-0.1, -0.05) is 0 Å². The van der Waals surface area contributed by atoms with Crippen LogP contribution in [-0.4, -0.2) is 42.9 Å². The van der Waals surface area contributed by atoms with Crippen LogP contribution in [0.25, 0.3) is 5.13 Å². The number of hydrogen-bond donors (Lipinski definition) is 1. The standard InChI is InChI=1S/C18H20N4O4S2/c1-12-9-13(2)22(21-12)18-20-14(11-27-18)5-6-19-28(23,24)15-3-4-16-17(10-15)26-8-7-25-16/h3-4,9-11,19H,5-8H2,1-2H3. The summed E-state index contributed by atoms with van der Waals surface area (Å²) in [4.78, 5) is 4.70. The highest BCUT2D eigenvalue weighted by molar-refractivity contribution is 7.89. The minimum absolute atomic E-state index is 0.151. The number of fused-ring (bicyclic) bond motifs is 1. The second kappa shape index (κ2) is 7.53. The molecule has 3 heterocycles. The molecule has 1 aromatic carbocycles. The first-order chi connectivity index (χ1) is 13.4. The van der Waals surface area contributed by atoms with Gasteiger partial charge in [0, 0.05) is 30.1 Å². The molecule has 0 aliphatic carbocycles. The molecule has 0 saturated heterocycles. The van der Waals surface area contributed by atoms with E-state index in [1.165, 1.54) is 23.5 Å². The summed E-state index contributed by atoms with van der Waals surface area (Å²) < 4.78 is 40.4. The second-order valence-electron chi connectivity index (χ2n) is 6.41. The highest BCUT2D eigenvalue weighted by atomic mass is 32.2. The van der Waals surface area contributed by atoms with E-state index in [1.54, 1.807) is 10.7 Å². The number of benzene rings is 1. The Morgan fingerprint density at radius 2 is 1.96 bits per heavy atom. The normalized spacial score (nSPS) is 13.6. The van der Waals surface area contributed by atoms with E-state index < -0.39 is 10.0 Å². The lowest BCUT2D eigenvalue weighted by Gasteiger charge is -2.18. The number of nitrogens with zero attached hydrogens (tertiary/aromatic N) is 3. The zero-order valence-corrected chi connectivity index (χ0v) is 17.1. The molecule has 8 nitrogen and oxygen atoms in total. The molecule has 1 aliphatic heterocycles. The van der Waals surface area contributed by atoms with Crippen molar-refractivity contribution in [1.29, 1.82) is 0 Å². The number of aryl methyl sites for hydroxylation is 2. The van der Waals surface area contributed by atoms with Crippen molar-refractivity contribution in [3.63, 3.8) is 0 Å². The molecule has 1 N–H and O–H groups in total. The van der Waals surface area contributed by atoms with Gasteiger partial charge in [-0.25, -0.2) is 22.8 Å². The highest BCUT2D eigenvalue weighted by Crippen LogP contribution is 2.32. The van der Waals surface area contributed by atoms with Crippen LogP contribution in [0, 0.1) is 13.8 Å². The molecule has 0 amide bonds. The van der Waals surface area contributed by atoms with Gasteiger partial charge in [0.05, 0.1) is 16.3 Å². The fourth-order valence-electron chi connectivity index (χ4n) is 2.92. The molecule has 1 aliphatic rings. The average molecular weight is 421 g/mol. The van der Waals surface area contributed by atoms with Gasteiger partial charge in [-0.05, 0) is 32.0 Å². The number of hydrogen-bond acceptors (Lipinski definition) is 7. The summed E-state index contributed by atoms with van der Waals surface area (Å²) in [5.41, 5.74) is 2.76. The van der Waals surface area contributed by atoms with E-state index in [0.29, 0.717) is 31.1 Å². The third-order valence-corrected chi connectivity index (χ3v) is 6.55. The summed E-state index contributed by atoms with van der Waals surface area (Å²) in [5.74, 6) is 1.01. The summed E-state index contributed by atoms with van der Waals surface area (Å²) in [7, 11) is -3.64. The maximum absolute atomic E-state index is 12.5. The van der Waals surface area contributed by atoms with Gasteiger partial charge in [-0.15, -0.1) is 11.3 Å². The molecule has 4 rings (SSSR count). The number of ether oxygens (including phenoxy) is 2. The maximum atomic E-state index is 12.5. The van der Waals surface area contributed by atoms with Crippen LogP contribution >= 0.6 is 11.3 Å².